The Labute approximate surface area is 127 Å². The number of aliphatic hydroxyl groups excluding tert-OH is 1. The largest absolute Gasteiger partial charge is 0.387 e. The summed E-state index contributed by atoms with van der Waals surface area (Å²) >= 11 is 0. The van der Waals surface area contributed by atoms with E-state index in [4.69, 9.17) is 14.2 Å². The molecule has 0 amide bonds. The first-order valence-corrected chi connectivity index (χ1v) is 7.13. The number of aromatic nitrogens is 2. The number of aryl methyl sites for hydroxylation is 1. The lowest BCUT2D eigenvalue weighted by molar-refractivity contribution is -0.0680. The van der Waals surface area contributed by atoms with Crippen molar-refractivity contribution in [2.75, 3.05) is 13.7 Å². The van der Waals surface area contributed by atoms with Crippen LogP contribution in [0.5, 0.6) is 0 Å². The molecule has 0 aliphatic carbocycles. The second kappa shape index (κ2) is 6.74. The second-order valence-corrected chi connectivity index (χ2v) is 5.62. The zero-order chi connectivity index (χ0) is 16.4. The van der Waals surface area contributed by atoms with E-state index in [9.17, 15) is 14.7 Å². The summed E-state index contributed by atoms with van der Waals surface area (Å²) in [5.74, 6) is 0. The Balaban J connectivity index is 2.27. The smallest absolute Gasteiger partial charge is 0.328 e. The molecule has 4 atom stereocenters. The summed E-state index contributed by atoms with van der Waals surface area (Å²) in [6.07, 6.45) is -1.62. The van der Waals surface area contributed by atoms with E-state index in [2.05, 4.69) is 4.98 Å². The van der Waals surface area contributed by atoms with Crippen LogP contribution in [0.1, 0.15) is 25.5 Å². The van der Waals surface area contributed by atoms with Crippen molar-refractivity contribution in [3.05, 3.63) is 32.6 Å². The van der Waals surface area contributed by atoms with E-state index in [0.29, 0.717) is 0 Å². The predicted molar refractivity (Wildman–Crippen MR) is 77.8 cm³/mol. The number of aromatic amines is 1. The first-order valence-electron chi connectivity index (χ1n) is 7.13. The fourth-order valence-corrected chi connectivity index (χ4v) is 2.49. The van der Waals surface area contributed by atoms with Crippen LogP contribution in [0.4, 0.5) is 0 Å². The number of hydrogen-bond donors (Lipinski definition) is 2. The van der Waals surface area contributed by atoms with Gasteiger partial charge < -0.3 is 23.9 Å². The molecule has 0 bridgehead atoms. The van der Waals surface area contributed by atoms with Gasteiger partial charge in [0, 0.05) is 20.4 Å². The maximum atomic E-state index is 12.0. The highest BCUT2D eigenvalue weighted by molar-refractivity contribution is 5.14. The Bertz CT molecular complexity index is 622. The molecule has 8 heteroatoms. The summed E-state index contributed by atoms with van der Waals surface area (Å²) in [5.41, 5.74) is -0.916. The van der Waals surface area contributed by atoms with Crippen molar-refractivity contribution in [2.45, 2.75) is 44.4 Å². The first kappa shape index (κ1) is 16.9. The van der Waals surface area contributed by atoms with Crippen LogP contribution in [0, 0.1) is 0 Å². The van der Waals surface area contributed by atoms with Gasteiger partial charge in [-0.25, -0.2) is 4.79 Å². The van der Waals surface area contributed by atoms with E-state index in [-0.39, 0.29) is 18.3 Å². The second-order valence-electron chi connectivity index (χ2n) is 5.62. The minimum atomic E-state index is -1.02. The normalized spacial score (nSPS) is 28.5. The summed E-state index contributed by atoms with van der Waals surface area (Å²) < 4.78 is 17.8. The predicted octanol–water partition coefficient (Wildman–Crippen LogP) is -0.686. The van der Waals surface area contributed by atoms with E-state index in [0.717, 1.165) is 0 Å². The Kier molecular flexibility index (Phi) is 5.17. The highest BCUT2D eigenvalue weighted by Crippen LogP contribution is 2.33. The van der Waals surface area contributed by atoms with Crippen LogP contribution < -0.4 is 11.2 Å². The third-order valence-electron chi connectivity index (χ3n) is 3.64. The lowest BCUT2D eigenvalue weighted by Gasteiger charge is -2.19. The molecule has 0 saturated carbocycles. The van der Waals surface area contributed by atoms with E-state index in [1.165, 1.54) is 24.9 Å². The molecule has 0 radical (unpaired) electrons. The minimum absolute atomic E-state index is 0.0123. The van der Waals surface area contributed by atoms with Gasteiger partial charge in [-0.1, -0.05) is 0 Å². The SMILES string of the molecule is COC1C(O)[C@H](c2cn(C)c(=O)[nH]c2=O)O[C@@H]1COC(C)C. The van der Waals surface area contributed by atoms with E-state index in [1.807, 2.05) is 13.8 Å². The van der Waals surface area contributed by atoms with Gasteiger partial charge in [0.05, 0.1) is 18.3 Å². The summed E-state index contributed by atoms with van der Waals surface area (Å²) in [6, 6.07) is 0. The topological polar surface area (TPSA) is 103 Å². The zero-order valence-electron chi connectivity index (χ0n) is 13.1. The Hall–Kier alpha value is -1.48. The number of ether oxygens (including phenoxy) is 3. The molecule has 1 aliphatic heterocycles. The van der Waals surface area contributed by atoms with Crippen molar-refractivity contribution in [3.8, 4) is 0 Å². The van der Waals surface area contributed by atoms with Crippen LogP contribution in [-0.4, -0.2) is 52.8 Å². The summed E-state index contributed by atoms with van der Waals surface area (Å²) in [5, 5.41) is 10.4. The molecule has 0 aromatic carbocycles. The average molecular weight is 314 g/mol. The van der Waals surface area contributed by atoms with Crippen LogP contribution in [0.15, 0.2) is 15.8 Å². The maximum Gasteiger partial charge on any atom is 0.328 e. The van der Waals surface area contributed by atoms with Gasteiger partial charge in [-0.3, -0.25) is 9.78 Å². The van der Waals surface area contributed by atoms with Gasteiger partial charge >= 0.3 is 5.69 Å². The Morgan fingerprint density at radius 1 is 1.45 bits per heavy atom. The van der Waals surface area contributed by atoms with Gasteiger partial charge in [-0.15, -0.1) is 0 Å². The number of nitrogens with one attached hydrogen (secondary N) is 1. The molecular formula is C14H22N2O6. The molecular weight excluding hydrogens is 292 g/mol. The number of rotatable bonds is 5. The van der Waals surface area contributed by atoms with Crippen LogP contribution in [0.2, 0.25) is 0 Å². The average Bonchev–Trinajstić information content (AvgIpc) is 2.76. The fraction of sp³-hybridized carbons (Fsp3) is 0.714. The lowest BCUT2D eigenvalue weighted by atomic mass is 10.0. The third-order valence-corrected chi connectivity index (χ3v) is 3.64. The highest BCUT2D eigenvalue weighted by atomic mass is 16.6. The number of aliphatic hydroxyl groups is 1. The number of H-pyrrole nitrogens is 1. The molecule has 8 nitrogen and oxygen atoms in total. The number of nitrogens with zero attached hydrogens (tertiary/aromatic N) is 1. The monoisotopic (exact) mass is 314 g/mol. The van der Waals surface area contributed by atoms with Crippen LogP contribution in [-0.2, 0) is 21.3 Å². The van der Waals surface area contributed by atoms with E-state index >= 15 is 0 Å². The molecule has 22 heavy (non-hydrogen) atoms. The van der Waals surface area contributed by atoms with Gasteiger partial charge in [0.15, 0.2) is 0 Å². The quantitative estimate of drug-likeness (QED) is 0.746. The van der Waals surface area contributed by atoms with E-state index in [1.54, 1.807) is 0 Å². The van der Waals surface area contributed by atoms with Gasteiger partial charge in [0.1, 0.15) is 24.4 Å². The fourth-order valence-electron chi connectivity index (χ4n) is 2.49. The molecule has 1 aromatic heterocycles. The minimum Gasteiger partial charge on any atom is -0.387 e. The molecule has 2 unspecified atom stereocenters. The van der Waals surface area contributed by atoms with Crippen molar-refractivity contribution in [2.24, 2.45) is 7.05 Å². The summed E-state index contributed by atoms with van der Waals surface area (Å²) in [7, 11) is 2.98. The number of methoxy groups -OCH3 is 1. The van der Waals surface area contributed by atoms with Crippen molar-refractivity contribution < 1.29 is 19.3 Å². The van der Waals surface area contributed by atoms with Crippen LogP contribution in [0.25, 0.3) is 0 Å². The van der Waals surface area contributed by atoms with Crippen molar-refractivity contribution in [1.29, 1.82) is 0 Å². The molecule has 1 aliphatic rings. The molecule has 1 saturated heterocycles. The van der Waals surface area contributed by atoms with Crippen molar-refractivity contribution in [3.63, 3.8) is 0 Å². The lowest BCUT2D eigenvalue weighted by Crippen LogP contribution is -2.37. The first-order chi connectivity index (χ1) is 10.3. The Morgan fingerprint density at radius 2 is 2.14 bits per heavy atom. The summed E-state index contributed by atoms with van der Waals surface area (Å²) in [4.78, 5) is 25.6. The number of hydrogen-bond acceptors (Lipinski definition) is 6. The molecule has 2 heterocycles. The van der Waals surface area contributed by atoms with Gasteiger partial charge in [-0.2, -0.15) is 0 Å². The third kappa shape index (κ3) is 3.30. The van der Waals surface area contributed by atoms with Crippen LogP contribution in [0.3, 0.4) is 0 Å². The summed E-state index contributed by atoms with van der Waals surface area (Å²) in [6.45, 7) is 4.03. The molecule has 2 rings (SSSR count). The van der Waals surface area contributed by atoms with Gasteiger partial charge in [-0.05, 0) is 13.8 Å². The zero-order valence-corrected chi connectivity index (χ0v) is 13.1. The maximum absolute atomic E-state index is 12.0. The van der Waals surface area contributed by atoms with E-state index < -0.39 is 35.7 Å². The molecule has 1 aromatic rings. The Morgan fingerprint density at radius 3 is 2.73 bits per heavy atom. The highest BCUT2D eigenvalue weighted by Gasteiger charge is 2.45. The molecule has 0 spiro atoms. The molecule has 1 fully saturated rings. The van der Waals surface area contributed by atoms with Gasteiger partial charge in [0.2, 0.25) is 0 Å². The van der Waals surface area contributed by atoms with Crippen molar-refractivity contribution >= 4 is 0 Å². The van der Waals surface area contributed by atoms with Crippen LogP contribution >= 0.6 is 0 Å². The standard InChI is InChI=1S/C14H22N2O6/c1-7(2)21-6-9-12(20-4)10(17)11(22-9)8-5-16(3)14(19)15-13(8)18/h5,7,9-12,17H,6H2,1-4H3,(H,15,18,19)/t9-,10?,11+,12?/m1/s1. The molecule has 2 N–H and O–H groups in total. The van der Waals surface area contributed by atoms with Gasteiger partial charge in [0.25, 0.3) is 5.56 Å². The van der Waals surface area contributed by atoms with Crippen molar-refractivity contribution in [1.82, 2.24) is 9.55 Å². The molecule has 124 valence electrons.